The van der Waals surface area contributed by atoms with Crippen molar-refractivity contribution >= 4 is 62.1 Å². The van der Waals surface area contributed by atoms with Crippen LogP contribution in [-0.2, 0) is 30.1 Å². The van der Waals surface area contributed by atoms with Crippen LogP contribution in [0, 0.1) is 0 Å². The molecule has 2 fully saturated rings. The summed E-state index contributed by atoms with van der Waals surface area (Å²) in [7, 11) is 0. The molecule has 0 radical (unpaired) electrons. The quantitative estimate of drug-likeness (QED) is 0.0468. The molecule has 2 amide bonds. The SMILES string of the molecule is CC1(C)C(NC(=O)/C(=N\OC(COc2ccc3nc(NC4CNC4)ccc3c2)c2nn[nH]n2)c2csc(N)n2)C(=O)N1OS(=O)O. The number of β-lactam (4-membered cyclic amide) rings is 1. The van der Waals surface area contributed by atoms with E-state index in [4.69, 9.17) is 19.9 Å². The number of tetrazole rings is 1. The fourth-order valence-corrected chi connectivity index (χ4v) is 5.55. The number of amides is 2. The number of nitrogen functional groups attached to an aromatic ring is 1. The number of aromatic nitrogens is 6. The maximum absolute atomic E-state index is 13.4. The monoisotopic (exact) mass is 672 g/mol. The number of hydrogen-bond donors (Lipinski definition) is 6. The number of anilines is 2. The molecule has 0 bridgehead atoms. The van der Waals surface area contributed by atoms with Crippen molar-refractivity contribution in [3.63, 3.8) is 0 Å². The van der Waals surface area contributed by atoms with Crippen LogP contribution in [0.15, 0.2) is 40.9 Å². The number of carbonyl (C=O) groups excluding carboxylic acids is 2. The van der Waals surface area contributed by atoms with Crippen molar-refractivity contribution in [1.82, 2.24) is 46.3 Å². The fraction of sp³-hybridized carbons (Fsp3) is 0.360. The van der Waals surface area contributed by atoms with Crippen LogP contribution in [0.1, 0.15) is 31.5 Å². The van der Waals surface area contributed by atoms with Gasteiger partial charge in [-0.3, -0.25) is 14.1 Å². The van der Waals surface area contributed by atoms with Gasteiger partial charge in [0.05, 0.1) is 17.1 Å². The minimum Gasteiger partial charge on any atom is -0.489 e. The van der Waals surface area contributed by atoms with Gasteiger partial charge in [0, 0.05) is 23.9 Å². The van der Waals surface area contributed by atoms with E-state index >= 15 is 0 Å². The van der Waals surface area contributed by atoms with Gasteiger partial charge >= 0.3 is 11.4 Å². The number of ether oxygens (including phenoxy) is 1. The van der Waals surface area contributed by atoms with E-state index in [0.717, 1.165) is 41.1 Å². The summed E-state index contributed by atoms with van der Waals surface area (Å²) in [6.07, 6.45) is -1.04. The normalized spacial score (nSPS) is 19.2. The number of pyridine rings is 1. The molecule has 3 unspecified atom stereocenters. The van der Waals surface area contributed by atoms with E-state index in [1.54, 1.807) is 6.07 Å². The summed E-state index contributed by atoms with van der Waals surface area (Å²) in [6, 6.07) is 8.49. The van der Waals surface area contributed by atoms with Crippen LogP contribution in [0.25, 0.3) is 10.9 Å². The van der Waals surface area contributed by atoms with Gasteiger partial charge in [-0.05, 0) is 44.2 Å². The largest absolute Gasteiger partial charge is 0.489 e. The highest BCUT2D eigenvalue weighted by Gasteiger charge is 2.57. The third-order valence-electron chi connectivity index (χ3n) is 7.19. The van der Waals surface area contributed by atoms with Crippen molar-refractivity contribution in [1.29, 1.82) is 0 Å². The average Bonchev–Trinajstić information content (AvgIpc) is 3.70. The van der Waals surface area contributed by atoms with Crippen molar-refractivity contribution in [2.45, 2.75) is 37.6 Å². The van der Waals surface area contributed by atoms with Gasteiger partial charge in [0.15, 0.2) is 10.8 Å². The van der Waals surface area contributed by atoms with Gasteiger partial charge in [0.25, 0.3) is 11.8 Å². The van der Waals surface area contributed by atoms with Gasteiger partial charge in [-0.25, -0.2) is 9.97 Å². The molecule has 6 rings (SSSR count). The zero-order valence-electron chi connectivity index (χ0n) is 24.2. The van der Waals surface area contributed by atoms with Crippen molar-refractivity contribution < 1.29 is 32.2 Å². The number of nitrogens with two attached hydrogens (primary N) is 1. The van der Waals surface area contributed by atoms with Crippen molar-refractivity contribution in [2.24, 2.45) is 5.16 Å². The molecular weight excluding hydrogens is 644 g/mol. The van der Waals surface area contributed by atoms with E-state index in [1.165, 1.54) is 19.2 Å². The van der Waals surface area contributed by atoms with E-state index in [1.807, 2.05) is 24.3 Å². The summed E-state index contributed by atoms with van der Waals surface area (Å²) in [6.45, 7) is 4.73. The highest BCUT2D eigenvalue weighted by Crippen LogP contribution is 2.32. The van der Waals surface area contributed by atoms with Crippen LogP contribution in [0.2, 0.25) is 0 Å². The molecular formula is C25H28N12O7S2. The predicted molar refractivity (Wildman–Crippen MR) is 163 cm³/mol. The molecule has 19 nitrogen and oxygen atoms in total. The number of fused-ring (bicyclic) bond motifs is 1. The Morgan fingerprint density at radius 3 is 2.78 bits per heavy atom. The van der Waals surface area contributed by atoms with Crippen LogP contribution < -0.4 is 26.4 Å². The summed E-state index contributed by atoms with van der Waals surface area (Å²) in [5.41, 5.74) is 5.18. The molecule has 0 spiro atoms. The Labute approximate surface area is 266 Å². The maximum Gasteiger partial charge on any atom is 0.325 e. The van der Waals surface area contributed by atoms with Crippen LogP contribution in [0.4, 0.5) is 10.9 Å². The van der Waals surface area contributed by atoms with E-state index in [2.05, 4.69) is 56.0 Å². The second kappa shape index (κ2) is 12.9. The molecule has 46 heavy (non-hydrogen) atoms. The maximum atomic E-state index is 13.4. The Kier molecular flexibility index (Phi) is 8.73. The summed E-state index contributed by atoms with van der Waals surface area (Å²) in [4.78, 5) is 40.5. The van der Waals surface area contributed by atoms with Crippen molar-refractivity contribution in [2.75, 3.05) is 30.7 Å². The Morgan fingerprint density at radius 2 is 2.13 bits per heavy atom. The lowest BCUT2D eigenvalue weighted by Gasteiger charge is -2.50. The first-order valence-corrected chi connectivity index (χ1v) is 15.6. The van der Waals surface area contributed by atoms with Gasteiger partial charge in [-0.1, -0.05) is 10.4 Å². The fourth-order valence-electron chi connectivity index (χ4n) is 4.61. The van der Waals surface area contributed by atoms with Crippen LogP contribution in [-0.4, -0.2) is 99.3 Å². The number of benzene rings is 1. The lowest BCUT2D eigenvalue weighted by molar-refractivity contribution is -0.216. The first kappa shape index (κ1) is 31.2. The molecule has 4 aromatic rings. The summed E-state index contributed by atoms with van der Waals surface area (Å²) in [5.74, 6) is -0.199. The summed E-state index contributed by atoms with van der Waals surface area (Å²) >= 11 is -1.67. The van der Waals surface area contributed by atoms with E-state index in [0.29, 0.717) is 16.9 Å². The van der Waals surface area contributed by atoms with Crippen molar-refractivity contribution in [3.05, 3.63) is 47.2 Å². The number of carbonyl (C=O) groups is 2. The lowest BCUT2D eigenvalue weighted by Crippen LogP contribution is -2.76. The van der Waals surface area contributed by atoms with E-state index in [9.17, 15) is 13.8 Å². The molecule has 2 aliphatic rings. The van der Waals surface area contributed by atoms with Crippen LogP contribution in [0.5, 0.6) is 5.75 Å². The summed E-state index contributed by atoms with van der Waals surface area (Å²) in [5, 5.41) is 30.2. The Balaban J connectivity index is 1.18. The van der Waals surface area contributed by atoms with Gasteiger partial charge in [0.2, 0.25) is 11.9 Å². The number of nitrogens with one attached hydrogen (secondary N) is 4. The Hall–Kier alpha value is -4.83. The molecule has 5 heterocycles. The number of oxime groups is 1. The number of rotatable bonds is 13. The van der Waals surface area contributed by atoms with E-state index in [-0.39, 0.29) is 29.0 Å². The Morgan fingerprint density at radius 1 is 1.30 bits per heavy atom. The topological polar surface area (TPSA) is 257 Å². The summed E-state index contributed by atoms with van der Waals surface area (Å²) < 4.78 is 30.7. The molecule has 0 aliphatic carbocycles. The Bertz CT molecular complexity index is 1800. The predicted octanol–water partition coefficient (Wildman–Crippen LogP) is -0.115. The molecule has 2 saturated heterocycles. The van der Waals surface area contributed by atoms with Gasteiger partial charge in [-0.2, -0.15) is 14.5 Å². The third kappa shape index (κ3) is 6.57. The highest BCUT2D eigenvalue weighted by molar-refractivity contribution is 7.74. The number of H-pyrrole nitrogens is 1. The smallest absolute Gasteiger partial charge is 0.325 e. The van der Waals surface area contributed by atoms with Crippen LogP contribution >= 0.6 is 11.3 Å². The van der Waals surface area contributed by atoms with Crippen LogP contribution in [0.3, 0.4) is 0 Å². The molecule has 3 aromatic heterocycles. The zero-order chi connectivity index (χ0) is 32.4. The average molecular weight is 673 g/mol. The molecule has 0 saturated carbocycles. The second-order valence-corrected chi connectivity index (χ2v) is 12.2. The molecule has 242 valence electrons. The molecule has 21 heteroatoms. The molecule has 1 aromatic carbocycles. The first-order chi connectivity index (χ1) is 22.1. The standard InChI is InChI=1S/C25H28N12O7S2/c1-25(2)20(23(39)37(25)44-46(40)41)31-22(38)19(16-11-45-24(26)30-16)34-43-17(21-32-35-36-33-21)10-42-14-4-5-15-12(7-14)3-6-18(29-15)28-13-8-27-9-13/h3-7,11,13,17,20,27H,8-10H2,1-2H3,(H2,26,30)(H,28,29)(H,31,38)(H,40,41)(H,32,33,35,36)/b34-19-. The number of hydrogen-bond acceptors (Lipinski definition) is 16. The molecule has 2 aliphatic heterocycles. The zero-order valence-corrected chi connectivity index (χ0v) is 25.9. The van der Waals surface area contributed by atoms with Gasteiger partial charge in [0.1, 0.15) is 29.9 Å². The highest BCUT2D eigenvalue weighted by atomic mass is 32.2. The van der Waals surface area contributed by atoms with Crippen molar-refractivity contribution in [3.8, 4) is 5.75 Å². The second-order valence-electron chi connectivity index (χ2n) is 10.7. The molecule has 3 atom stereocenters. The number of thiazole rings is 1. The number of aromatic amines is 1. The van der Waals surface area contributed by atoms with E-state index < -0.39 is 40.9 Å². The lowest BCUT2D eigenvalue weighted by atomic mass is 9.84. The third-order valence-corrected chi connectivity index (χ3v) is 8.14. The minimum absolute atomic E-state index is 0.0754. The number of nitrogens with zero attached hydrogens (tertiary/aromatic N) is 7. The first-order valence-electron chi connectivity index (χ1n) is 13.7. The van der Waals surface area contributed by atoms with Gasteiger partial charge in [-0.15, -0.1) is 25.8 Å². The minimum atomic E-state index is -2.74. The molecule has 7 N–H and O–H groups in total. The number of hydroxylamine groups is 2. The van der Waals surface area contributed by atoms with Gasteiger partial charge < -0.3 is 31.3 Å².